The Kier molecular flexibility index (Phi) is 7.02. The highest BCUT2D eigenvalue weighted by Gasteiger charge is 2.06. The zero-order valence-electron chi connectivity index (χ0n) is 15.5. The van der Waals surface area contributed by atoms with Crippen LogP contribution < -0.4 is 19.6 Å². The molecule has 2 rings (SSSR count). The second kappa shape index (κ2) is 9.46. The third-order valence-corrected chi connectivity index (χ3v) is 3.59. The topological polar surface area (TPSA) is 69.2 Å². The number of nitrogens with zero attached hydrogens (tertiary/aromatic N) is 1. The van der Waals surface area contributed by atoms with Crippen molar-refractivity contribution in [2.75, 3.05) is 20.3 Å². The van der Waals surface area contributed by atoms with E-state index in [0.29, 0.717) is 23.9 Å². The molecular weight excluding hydrogens is 332 g/mol. The van der Waals surface area contributed by atoms with Gasteiger partial charge in [-0.1, -0.05) is 12.1 Å². The van der Waals surface area contributed by atoms with Crippen LogP contribution in [0.2, 0.25) is 0 Å². The van der Waals surface area contributed by atoms with E-state index in [1.165, 1.54) is 6.21 Å². The molecule has 0 aliphatic rings. The van der Waals surface area contributed by atoms with E-state index in [0.717, 1.165) is 16.7 Å². The fourth-order valence-corrected chi connectivity index (χ4v) is 2.26. The Morgan fingerprint density at radius 1 is 1.08 bits per heavy atom. The molecule has 2 aromatic carbocycles. The first-order valence-corrected chi connectivity index (χ1v) is 8.36. The number of carbonyl (C=O) groups excluding carboxylic acids is 1. The molecule has 0 spiro atoms. The molecule has 0 aromatic heterocycles. The van der Waals surface area contributed by atoms with Crippen LogP contribution in [0.4, 0.5) is 0 Å². The van der Waals surface area contributed by atoms with Crippen LogP contribution in [0.1, 0.15) is 23.6 Å². The smallest absolute Gasteiger partial charge is 0.277 e. The van der Waals surface area contributed by atoms with Crippen molar-refractivity contribution in [3.05, 3.63) is 53.1 Å². The van der Waals surface area contributed by atoms with Gasteiger partial charge in [-0.15, -0.1) is 0 Å². The SMILES string of the molecule is CCOc1cc(/C=N\NC(=O)COc2cc(C)ccc2C)ccc1OC. The maximum atomic E-state index is 11.9. The van der Waals surface area contributed by atoms with Gasteiger partial charge in [0, 0.05) is 0 Å². The van der Waals surface area contributed by atoms with Crippen LogP contribution in [-0.4, -0.2) is 32.4 Å². The highest BCUT2D eigenvalue weighted by Crippen LogP contribution is 2.27. The van der Waals surface area contributed by atoms with Crippen molar-refractivity contribution < 1.29 is 19.0 Å². The normalized spacial score (nSPS) is 10.6. The summed E-state index contributed by atoms with van der Waals surface area (Å²) in [5.74, 6) is 1.64. The Balaban J connectivity index is 1.90. The van der Waals surface area contributed by atoms with Gasteiger partial charge in [-0.3, -0.25) is 4.79 Å². The van der Waals surface area contributed by atoms with Gasteiger partial charge in [0.1, 0.15) is 5.75 Å². The zero-order chi connectivity index (χ0) is 18.9. The number of rotatable bonds is 8. The van der Waals surface area contributed by atoms with Gasteiger partial charge in [-0.2, -0.15) is 5.10 Å². The third-order valence-electron chi connectivity index (χ3n) is 3.59. The largest absolute Gasteiger partial charge is 0.493 e. The van der Waals surface area contributed by atoms with Gasteiger partial charge in [0.15, 0.2) is 18.1 Å². The molecule has 0 aliphatic carbocycles. The van der Waals surface area contributed by atoms with E-state index in [1.807, 2.05) is 45.0 Å². The van der Waals surface area contributed by atoms with E-state index >= 15 is 0 Å². The molecule has 138 valence electrons. The lowest BCUT2D eigenvalue weighted by atomic mass is 10.1. The molecule has 0 heterocycles. The maximum absolute atomic E-state index is 11.9. The van der Waals surface area contributed by atoms with Crippen molar-refractivity contribution in [2.24, 2.45) is 5.10 Å². The van der Waals surface area contributed by atoms with E-state index in [4.69, 9.17) is 14.2 Å². The average Bonchev–Trinajstić information content (AvgIpc) is 2.63. The zero-order valence-corrected chi connectivity index (χ0v) is 15.5. The Bertz CT molecular complexity index is 787. The molecule has 0 atom stereocenters. The molecule has 0 fully saturated rings. The molecule has 0 saturated carbocycles. The van der Waals surface area contributed by atoms with Crippen molar-refractivity contribution in [3.63, 3.8) is 0 Å². The predicted molar refractivity (Wildman–Crippen MR) is 101 cm³/mol. The molecule has 0 bridgehead atoms. The van der Waals surface area contributed by atoms with E-state index in [9.17, 15) is 4.79 Å². The Morgan fingerprint density at radius 3 is 2.62 bits per heavy atom. The number of carbonyl (C=O) groups is 1. The molecule has 6 nitrogen and oxygen atoms in total. The van der Waals surface area contributed by atoms with Crippen molar-refractivity contribution in [1.82, 2.24) is 5.43 Å². The summed E-state index contributed by atoms with van der Waals surface area (Å²) in [6.07, 6.45) is 1.54. The van der Waals surface area contributed by atoms with E-state index in [1.54, 1.807) is 19.2 Å². The van der Waals surface area contributed by atoms with Gasteiger partial charge >= 0.3 is 0 Å². The van der Waals surface area contributed by atoms with Crippen LogP contribution in [-0.2, 0) is 4.79 Å². The summed E-state index contributed by atoms with van der Waals surface area (Å²) in [6.45, 7) is 6.24. The number of hydrogen-bond donors (Lipinski definition) is 1. The molecule has 0 radical (unpaired) electrons. The molecular formula is C20H24N2O4. The number of hydrazone groups is 1. The first-order valence-electron chi connectivity index (χ1n) is 8.36. The lowest BCUT2D eigenvalue weighted by molar-refractivity contribution is -0.123. The van der Waals surface area contributed by atoms with Crippen molar-refractivity contribution in [2.45, 2.75) is 20.8 Å². The minimum atomic E-state index is -0.333. The van der Waals surface area contributed by atoms with Gasteiger partial charge in [-0.05, 0) is 61.7 Å². The monoisotopic (exact) mass is 356 g/mol. The molecule has 1 N–H and O–H groups in total. The molecule has 6 heteroatoms. The Labute approximate surface area is 153 Å². The Morgan fingerprint density at radius 2 is 1.88 bits per heavy atom. The standard InChI is InChI=1S/C20H24N2O4/c1-5-25-19-11-16(8-9-17(19)24-4)12-21-22-20(23)13-26-18-10-14(2)6-7-15(18)3/h6-12H,5,13H2,1-4H3,(H,22,23)/b21-12-. The first kappa shape index (κ1) is 19.3. The maximum Gasteiger partial charge on any atom is 0.277 e. The van der Waals surface area contributed by atoms with Gasteiger partial charge in [-0.25, -0.2) is 5.43 Å². The number of amides is 1. The fourth-order valence-electron chi connectivity index (χ4n) is 2.26. The highest BCUT2D eigenvalue weighted by molar-refractivity contribution is 5.83. The van der Waals surface area contributed by atoms with E-state index < -0.39 is 0 Å². The van der Waals surface area contributed by atoms with Crippen LogP contribution in [0.5, 0.6) is 17.2 Å². The number of hydrogen-bond acceptors (Lipinski definition) is 5. The van der Waals surface area contributed by atoms with Crippen LogP contribution in [0.25, 0.3) is 0 Å². The van der Waals surface area contributed by atoms with Gasteiger partial charge in [0.05, 0.1) is 19.9 Å². The number of methoxy groups -OCH3 is 1. The quantitative estimate of drug-likeness (QED) is 0.582. The molecule has 2 aromatic rings. The van der Waals surface area contributed by atoms with Crippen LogP contribution in [0.3, 0.4) is 0 Å². The summed E-state index contributed by atoms with van der Waals surface area (Å²) in [5.41, 5.74) is 5.29. The summed E-state index contributed by atoms with van der Waals surface area (Å²) in [7, 11) is 1.59. The van der Waals surface area contributed by atoms with E-state index in [-0.39, 0.29) is 12.5 Å². The lowest BCUT2D eigenvalue weighted by Crippen LogP contribution is -2.24. The molecule has 0 aliphatic heterocycles. The minimum absolute atomic E-state index is 0.103. The second-order valence-electron chi connectivity index (χ2n) is 5.69. The van der Waals surface area contributed by atoms with Gasteiger partial charge in [0.2, 0.25) is 0 Å². The van der Waals surface area contributed by atoms with Crippen molar-refractivity contribution in [3.8, 4) is 17.2 Å². The molecule has 0 unspecified atom stereocenters. The summed E-state index contributed by atoms with van der Waals surface area (Å²) in [4.78, 5) is 11.9. The summed E-state index contributed by atoms with van der Waals surface area (Å²) >= 11 is 0. The van der Waals surface area contributed by atoms with Crippen LogP contribution >= 0.6 is 0 Å². The predicted octanol–water partition coefficient (Wildman–Crippen LogP) is 3.24. The minimum Gasteiger partial charge on any atom is -0.493 e. The average molecular weight is 356 g/mol. The lowest BCUT2D eigenvalue weighted by Gasteiger charge is -2.09. The Hall–Kier alpha value is -3.02. The number of aryl methyl sites for hydroxylation is 2. The number of nitrogens with one attached hydrogen (secondary N) is 1. The first-order chi connectivity index (χ1) is 12.5. The number of ether oxygens (including phenoxy) is 3. The highest BCUT2D eigenvalue weighted by atomic mass is 16.5. The second-order valence-corrected chi connectivity index (χ2v) is 5.69. The van der Waals surface area contributed by atoms with Gasteiger partial charge < -0.3 is 14.2 Å². The van der Waals surface area contributed by atoms with Crippen LogP contribution in [0, 0.1) is 13.8 Å². The van der Waals surface area contributed by atoms with Gasteiger partial charge in [0.25, 0.3) is 5.91 Å². The van der Waals surface area contributed by atoms with Crippen molar-refractivity contribution >= 4 is 12.1 Å². The molecule has 1 amide bonds. The summed E-state index contributed by atoms with van der Waals surface area (Å²) < 4.78 is 16.3. The summed E-state index contributed by atoms with van der Waals surface area (Å²) in [6, 6.07) is 11.3. The van der Waals surface area contributed by atoms with Crippen LogP contribution in [0.15, 0.2) is 41.5 Å². The number of benzene rings is 2. The van der Waals surface area contributed by atoms with E-state index in [2.05, 4.69) is 10.5 Å². The summed E-state index contributed by atoms with van der Waals surface area (Å²) in [5, 5.41) is 3.95. The third kappa shape index (κ3) is 5.51. The van der Waals surface area contributed by atoms with Crippen molar-refractivity contribution in [1.29, 1.82) is 0 Å². The fraction of sp³-hybridized carbons (Fsp3) is 0.300. The molecule has 0 saturated heterocycles. The molecule has 26 heavy (non-hydrogen) atoms.